The molecule has 0 aliphatic heterocycles. The second kappa shape index (κ2) is 7.84. The summed E-state index contributed by atoms with van der Waals surface area (Å²) in [7, 11) is 0. The normalized spacial score (nSPS) is 10.6. The fourth-order valence-electron chi connectivity index (χ4n) is 3.03. The number of nitrogens with one attached hydrogen (secondary N) is 1. The number of phenolic OH excluding ortho intramolecular Hbond substituents is 1. The van der Waals surface area contributed by atoms with Gasteiger partial charge >= 0.3 is 0 Å². The molecule has 28 heavy (non-hydrogen) atoms. The maximum absolute atomic E-state index is 12.8. The van der Waals surface area contributed by atoms with Gasteiger partial charge in [0, 0.05) is 0 Å². The number of aromatic hydroxyl groups is 1. The number of carbonyl (C=O) groups is 1. The largest absolute Gasteiger partial charge is 0.507 e. The van der Waals surface area contributed by atoms with E-state index in [1.54, 1.807) is 24.3 Å². The number of phenols is 1. The summed E-state index contributed by atoms with van der Waals surface area (Å²) in [4.78, 5) is 12.8. The number of benzene rings is 4. The SMILES string of the molecule is O=C(Nc1ccccc1OCc1ccccc1)c1cc2ccccc2cc1O. The van der Waals surface area contributed by atoms with Crippen molar-refractivity contribution in [3.63, 3.8) is 0 Å². The standard InChI is InChI=1S/C24H19NO3/c26-22-15-19-11-5-4-10-18(19)14-20(22)24(27)25-21-12-6-7-13-23(21)28-16-17-8-2-1-3-9-17/h1-15,26H,16H2,(H,25,27). The third kappa shape index (κ3) is 3.81. The highest BCUT2D eigenvalue weighted by Gasteiger charge is 2.15. The molecule has 0 aromatic heterocycles. The van der Waals surface area contributed by atoms with Crippen LogP contribution in [0.15, 0.2) is 91.0 Å². The van der Waals surface area contributed by atoms with E-state index in [1.807, 2.05) is 66.7 Å². The number of amides is 1. The number of anilines is 1. The summed E-state index contributed by atoms with van der Waals surface area (Å²) in [5.41, 5.74) is 1.81. The molecule has 0 radical (unpaired) electrons. The van der Waals surface area contributed by atoms with E-state index < -0.39 is 0 Å². The highest BCUT2D eigenvalue weighted by molar-refractivity contribution is 6.09. The Morgan fingerprint density at radius 3 is 2.25 bits per heavy atom. The van der Waals surface area contributed by atoms with Crippen LogP contribution in [-0.4, -0.2) is 11.0 Å². The minimum atomic E-state index is -0.390. The van der Waals surface area contributed by atoms with Gasteiger partial charge in [-0.2, -0.15) is 0 Å². The van der Waals surface area contributed by atoms with Crippen LogP contribution in [0.2, 0.25) is 0 Å². The molecule has 0 unspecified atom stereocenters. The second-order valence-corrected chi connectivity index (χ2v) is 6.44. The first kappa shape index (κ1) is 17.6. The zero-order valence-electron chi connectivity index (χ0n) is 15.1. The zero-order valence-corrected chi connectivity index (χ0v) is 15.1. The first-order valence-electron chi connectivity index (χ1n) is 8.99. The van der Waals surface area contributed by atoms with E-state index in [-0.39, 0.29) is 17.2 Å². The summed E-state index contributed by atoms with van der Waals surface area (Å²) in [5, 5.41) is 14.9. The van der Waals surface area contributed by atoms with Gasteiger partial charge in [-0.3, -0.25) is 4.79 Å². The highest BCUT2D eigenvalue weighted by Crippen LogP contribution is 2.29. The van der Waals surface area contributed by atoms with Crippen molar-refractivity contribution >= 4 is 22.4 Å². The molecule has 0 heterocycles. The van der Waals surface area contributed by atoms with Crippen LogP contribution in [0.4, 0.5) is 5.69 Å². The smallest absolute Gasteiger partial charge is 0.259 e. The molecule has 0 spiro atoms. The molecule has 4 heteroatoms. The van der Waals surface area contributed by atoms with Crippen LogP contribution in [0.3, 0.4) is 0 Å². The van der Waals surface area contributed by atoms with Crippen LogP contribution >= 0.6 is 0 Å². The minimum absolute atomic E-state index is 0.0566. The number of carbonyl (C=O) groups excluding carboxylic acids is 1. The summed E-state index contributed by atoms with van der Waals surface area (Å²) in [5.74, 6) is 0.123. The lowest BCUT2D eigenvalue weighted by Gasteiger charge is -2.13. The van der Waals surface area contributed by atoms with Gasteiger partial charge in [-0.05, 0) is 40.6 Å². The van der Waals surface area contributed by atoms with E-state index in [4.69, 9.17) is 4.74 Å². The van der Waals surface area contributed by atoms with Crippen molar-refractivity contribution in [2.24, 2.45) is 0 Å². The third-order valence-corrected chi connectivity index (χ3v) is 4.48. The summed E-state index contributed by atoms with van der Waals surface area (Å²) < 4.78 is 5.88. The maximum Gasteiger partial charge on any atom is 0.259 e. The molecular weight excluding hydrogens is 350 g/mol. The van der Waals surface area contributed by atoms with Gasteiger partial charge in [0.2, 0.25) is 0 Å². The van der Waals surface area contributed by atoms with Crippen molar-refractivity contribution < 1.29 is 14.6 Å². The van der Waals surface area contributed by atoms with E-state index >= 15 is 0 Å². The Balaban J connectivity index is 1.56. The quantitative estimate of drug-likeness (QED) is 0.497. The van der Waals surface area contributed by atoms with Gasteiger partial charge in [-0.25, -0.2) is 0 Å². The Labute approximate surface area is 163 Å². The summed E-state index contributed by atoms with van der Waals surface area (Å²) in [6, 6.07) is 27.9. The monoisotopic (exact) mass is 369 g/mol. The van der Waals surface area contributed by atoms with Crippen molar-refractivity contribution in [3.8, 4) is 11.5 Å². The van der Waals surface area contributed by atoms with Crippen LogP contribution in [0.5, 0.6) is 11.5 Å². The molecule has 1 amide bonds. The molecular formula is C24H19NO3. The Kier molecular flexibility index (Phi) is 4.93. The van der Waals surface area contributed by atoms with Crippen LogP contribution in [0.1, 0.15) is 15.9 Å². The van der Waals surface area contributed by atoms with Gasteiger partial charge in [0.1, 0.15) is 18.1 Å². The average Bonchev–Trinajstić information content (AvgIpc) is 2.73. The molecule has 4 aromatic carbocycles. The van der Waals surface area contributed by atoms with Gasteiger partial charge < -0.3 is 15.2 Å². The Morgan fingerprint density at radius 2 is 1.46 bits per heavy atom. The number of rotatable bonds is 5. The topological polar surface area (TPSA) is 58.6 Å². The molecule has 4 aromatic rings. The predicted molar refractivity (Wildman–Crippen MR) is 111 cm³/mol. The summed E-state index contributed by atoms with van der Waals surface area (Å²) in [6.07, 6.45) is 0. The third-order valence-electron chi connectivity index (χ3n) is 4.48. The van der Waals surface area contributed by atoms with Crippen LogP contribution < -0.4 is 10.1 Å². The van der Waals surface area contributed by atoms with Crippen molar-refractivity contribution in [2.45, 2.75) is 6.61 Å². The lowest BCUT2D eigenvalue weighted by atomic mass is 10.1. The summed E-state index contributed by atoms with van der Waals surface area (Å²) in [6.45, 7) is 0.398. The Bertz CT molecular complexity index is 1120. The van der Waals surface area contributed by atoms with Gasteiger partial charge in [-0.15, -0.1) is 0 Å². The second-order valence-electron chi connectivity index (χ2n) is 6.44. The van der Waals surface area contributed by atoms with E-state index in [0.717, 1.165) is 16.3 Å². The maximum atomic E-state index is 12.8. The molecule has 4 nitrogen and oxygen atoms in total. The molecule has 0 saturated carbocycles. The van der Waals surface area contributed by atoms with Gasteiger partial charge in [0.05, 0.1) is 11.3 Å². The van der Waals surface area contributed by atoms with Crippen molar-refractivity contribution in [3.05, 3.63) is 102 Å². The fraction of sp³-hybridized carbons (Fsp3) is 0.0417. The lowest BCUT2D eigenvalue weighted by Crippen LogP contribution is -2.13. The molecule has 0 saturated heterocycles. The fourth-order valence-corrected chi connectivity index (χ4v) is 3.03. The zero-order chi connectivity index (χ0) is 19.3. The average molecular weight is 369 g/mol. The number of hydrogen-bond donors (Lipinski definition) is 2. The van der Waals surface area contributed by atoms with Crippen molar-refractivity contribution in [2.75, 3.05) is 5.32 Å². The van der Waals surface area contributed by atoms with E-state index in [1.165, 1.54) is 0 Å². The van der Waals surface area contributed by atoms with Crippen molar-refractivity contribution in [1.29, 1.82) is 0 Å². The number of para-hydroxylation sites is 2. The number of ether oxygens (including phenoxy) is 1. The van der Waals surface area contributed by atoms with Crippen molar-refractivity contribution in [1.82, 2.24) is 0 Å². The molecule has 0 aliphatic rings. The first-order chi connectivity index (χ1) is 13.7. The Morgan fingerprint density at radius 1 is 0.821 bits per heavy atom. The molecule has 0 atom stereocenters. The van der Waals surface area contributed by atoms with E-state index in [0.29, 0.717) is 18.0 Å². The minimum Gasteiger partial charge on any atom is -0.507 e. The van der Waals surface area contributed by atoms with Gasteiger partial charge in [-0.1, -0.05) is 66.7 Å². The molecule has 138 valence electrons. The lowest BCUT2D eigenvalue weighted by molar-refractivity contribution is 0.102. The van der Waals surface area contributed by atoms with E-state index in [2.05, 4.69) is 5.32 Å². The number of fused-ring (bicyclic) bond motifs is 1. The molecule has 0 fully saturated rings. The van der Waals surface area contributed by atoms with Crippen LogP contribution in [-0.2, 0) is 6.61 Å². The summed E-state index contributed by atoms with van der Waals surface area (Å²) >= 11 is 0. The molecule has 2 N–H and O–H groups in total. The molecule has 0 bridgehead atoms. The number of hydrogen-bond acceptors (Lipinski definition) is 3. The van der Waals surface area contributed by atoms with Crippen LogP contribution in [0, 0.1) is 0 Å². The van der Waals surface area contributed by atoms with E-state index in [9.17, 15) is 9.90 Å². The Hall–Kier alpha value is -3.79. The highest BCUT2D eigenvalue weighted by atomic mass is 16.5. The van der Waals surface area contributed by atoms with Crippen LogP contribution in [0.25, 0.3) is 10.8 Å². The molecule has 4 rings (SSSR count). The van der Waals surface area contributed by atoms with Gasteiger partial charge in [0.25, 0.3) is 5.91 Å². The van der Waals surface area contributed by atoms with Gasteiger partial charge in [0.15, 0.2) is 0 Å². The molecule has 0 aliphatic carbocycles. The first-order valence-corrected chi connectivity index (χ1v) is 8.99. The predicted octanol–water partition coefficient (Wildman–Crippen LogP) is 5.38.